The molecule has 1 aromatic heterocycles. The molecule has 0 saturated carbocycles. The summed E-state index contributed by atoms with van der Waals surface area (Å²) in [5.41, 5.74) is 2.75. The fraction of sp³-hybridized carbons (Fsp3) is 0.100. The molecule has 0 spiro atoms. The van der Waals surface area contributed by atoms with E-state index in [2.05, 4.69) is 21.6 Å². The minimum absolute atomic E-state index is 0.265. The molecule has 134 valence electrons. The molecular weight excluding hydrogens is 360 g/mol. The molecule has 0 saturated heterocycles. The SMILES string of the molecule is COc1ccc(C=C(C#N)c2nnc(NC(=O)c3cccc(C)c3)s2)cc1. The lowest BCUT2D eigenvalue weighted by Crippen LogP contribution is -2.11. The Balaban J connectivity index is 1.77. The van der Waals surface area contributed by atoms with Gasteiger partial charge in [-0.15, -0.1) is 10.2 Å². The predicted molar refractivity (Wildman–Crippen MR) is 106 cm³/mol. The first-order valence-corrected chi connectivity index (χ1v) is 8.88. The Hall–Kier alpha value is -3.50. The van der Waals surface area contributed by atoms with Crippen LogP contribution in [0.2, 0.25) is 0 Å². The average molecular weight is 376 g/mol. The predicted octanol–water partition coefficient (Wildman–Crippen LogP) is 4.17. The van der Waals surface area contributed by atoms with Gasteiger partial charge in [0.25, 0.3) is 5.91 Å². The number of nitrogens with zero attached hydrogens (tertiary/aromatic N) is 3. The van der Waals surface area contributed by atoms with Crippen molar-refractivity contribution in [1.29, 1.82) is 5.26 Å². The van der Waals surface area contributed by atoms with Gasteiger partial charge in [0.1, 0.15) is 11.8 Å². The largest absolute Gasteiger partial charge is 0.497 e. The number of allylic oxidation sites excluding steroid dienone is 1. The minimum Gasteiger partial charge on any atom is -0.497 e. The second-order valence-corrected chi connectivity index (χ2v) is 6.66. The van der Waals surface area contributed by atoms with Crippen molar-refractivity contribution in [3.63, 3.8) is 0 Å². The smallest absolute Gasteiger partial charge is 0.257 e. The summed E-state index contributed by atoms with van der Waals surface area (Å²) in [5, 5.41) is 20.9. The summed E-state index contributed by atoms with van der Waals surface area (Å²) in [4.78, 5) is 12.3. The number of aromatic nitrogens is 2. The van der Waals surface area contributed by atoms with Crippen LogP contribution in [0.3, 0.4) is 0 Å². The summed E-state index contributed by atoms with van der Waals surface area (Å²) in [6, 6.07) is 16.7. The third-order valence-corrected chi connectivity index (χ3v) is 4.58. The number of carbonyl (C=O) groups is 1. The Morgan fingerprint density at radius 3 is 2.67 bits per heavy atom. The van der Waals surface area contributed by atoms with Crippen molar-refractivity contribution in [2.75, 3.05) is 12.4 Å². The molecule has 1 N–H and O–H groups in total. The van der Waals surface area contributed by atoms with E-state index in [9.17, 15) is 10.1 Å². The Bertz CT molecular complexity index is 1030. The summed E-state index contributed by atoms with van der Waals surface area (Å²) in [6.45, 7) is 1.92. The zero-order chi connectivity index (χ0) is 19.2. The van der Waals surface area contributed by atoms with Crippen molar-refractivity contribution in [2.24, 2.45) is 0 Å². The number of nitrogens with one attached hydrogen (secondary N) is 1. The van der Waals surface area contributed by atoms with E-state index in [1.165, 1.54) is 0 Å². The van der Waals surface area contributed by atoms with E-state index in [0.717, 1.165) is 28.2 Å². The zero-order valence-electron chi connectivity index (χ0n) is 14.8. The molecule has 1 amide bonds. The number of ether oxygens (including phenoxy) is 1. The first-order valence-electron chi connectivity index (χ1n) is 8.07. The van der Waals surface area contributed by atoms with E-state index < -0.39 is 0 Å². The monoisotopic (exact) mass is 376 g/mol. The Morgan fingerprint density at radius 2 is 2.00 bits per heavy atom. The summed E-state index contributed by atoms with van der Waals surface area (Å²) in [6.07, 6.45) is 1.71. The maximum atomic E-state index is 12.3. The van der Waals surface area contributed by atoms with Crippen molar-refractivity contribution in [3.05, 3.63) is 70.2 Å². The third kappa shape index (κ3) is 4.57. The maximum Gasteiger partial charge on any atom is 0.257 e. The van der Waals surface area contributed by atoms with Crippen LogP contribution in [0.4, 0.5) is 5.13 Å². The lowest BCUT2D eigenvalue weighted by Gasteiger charge is -2.01. The van der Waals surface area contributed by atoms with Gasteiger partial charge in [-0.1, -0.05) is 41.2 Å². The number of benzene rings is 2. The van der Waals surface area contributed by atoms with Gasteiger partial charge < -0.3 is 4.74 Å². The van der Waals surface area contributed by atoms with Crippen LogP contribution in [-0.2, 0) is 0 Å². The first-order chi connectivity index (χ1) is 13.1. The fourth-order valence-electron chi connectivity index (χ4n) is 2.35. The molecule has 3 aromatic rings. The second-order valence-electron chi connectivity index (χ2n) is 5.68. The van der Waals surface area contributed by atoms with E-state index in [1.54, 1.807) is 25.3 Å². The molecule has 3 rings (SSSR count). The van der Waals surface area contributed by atoms with Crippen molar-refractivity contribution in [3.8, 4) is 11.8 Å². The van der Waals surface area contributed by atoms with Crippen LogP contribution < -0.4 is 10.1 Å². The molecule has 0 aliphatic heterocycles. The van der Waals surface area contributed by atoms with E-state index in [0.29, 0.717) is 21.3 Å². The summed E-state index contributed by atoms with van der Waals surface area (Å²) in [7, 11) is 1.60. The van der Waals surface area contributed by atoms with Crippen LogP contribution >= 0.6 is 11.3 Å². The van der Waals surface area contributed by atoms with E-state index >= 15 is 0 Å². The quantitative estimate of drug-likeness (QED) is 0.675. The standard InChI is InChI=1S/C20H16N4O2S/c1-13-4-3-5-15(10-13)18(25)22-20-24-23-19(27-20)16(12-21)11-14-6-8-17(26-2)9-7-14/h3-11H,1-2H3,(H,22,24,25). The van der Waals surface area contributed by atoms with E-state index in [4.69, 9.17) is 4.74 Å². The number of amides is 1. The average Bonchev–Trinajstić information content (AvgIpc) is 3.14. The van der Waals surface area contributed by atoms with Crippen LogP contribution in [0.15, 0.2) is 48.5 Å². The molecule has 0 unspecified atom stereocenters. The Morgan fingerprint density at radius 1 is 1.22 bits per heavy atom. The number of rotatable bonds is 5. The van der Waals surface area contributed by atoms with Gasteiger partial charge in [-0.2, -0.15) is 5.26 Å². The molecule has 0 radical (unpaired) electrons. The number of hydrogen-bond donors (Lipinski definition) is 1. The van der Waals surface area contributed by atoms with Gasteiger partial charge in [-0.3, -0.25) is 10.1 Å². The summed E-state index contributed by atoms with van der Waals surface area (Å²) >= 11 is 1.15. The van der Waals surface area contributed by atoms with Crippen LogP contribution in [0.5, 0.6) is 5.75 Å². The van der Waals surface area contributed by atoms with Gasteiger partial charge in [0.05, 0.1) is 12.7 Å². The van der Waals surface area contributed by atoms with Crippen molar-refractivity contribution in [1.82, 2.24) is 10.2 Å². The highest BCUT2D eigenvalue weighted by Crippen LogP contribution is 2.25. The highest BCUT2D eigenvalue weighted by atomic mass is 32.1. The molecule has 2 aromatic carbocycles. The van der Waals surface area contributed by atoms with Crippen molar-refractivity contribution < 1.29 is 9.53 Å². The summed E-state index contributed by atoms with van der Waals surface area (Å²) < 4.78 is 5.12. The second kappa shape index (κ2) is 8.25. The highest BCUT2D eigenvalue weighted by molar-refractivity contribution is 7.16. The van der Waals surface area contributed by atoms with Crippen molar-refractivity contribution >= 4 is 34.0 Å². The fourth-order valence-corrected chi connectivity index (χ4v) is 3.05. The molecule has 0 fully saturated rings. The number of methoxy groups -OCH3 is 1. The summed E-state index contributed by atoms with van der Waals surface area (Å²) in [5.74, 6) is 0.474. The van der Waals surface area contributed by atoms with Crippen LogP contribution in [-0.4, -0.2) is 23.2 Å². The number of nitriles is 1. The Kier molecular flexibility index (Phi) is 5.59. The zero-order valence-corrected chi connectivity index (χ0v) is 15.6. The lowest BCUT2D eigenvalue weighted by atomic mass is 10.1. The topological polar surface area (TPSA) is 87.9 Å². The normalized spacial score (nSPS) is 10.9. The van der Waals surface area contributed by atoms with Gasteiger partial charge in [0.2, 0.25) is 5.13 Å². The molecule has 1 heterocycles. The highest BCUT2D eigenvalue weighted by Gasteiger charge is 2.13. The maximum absolute atomic E-state index is 12.3. The van der Waals surface area contributed by atoms with Gasteiger partial charge in [-0.25, -0.2) is 0 Å². The van der Waals surface area contributed by atoms with Gasteiger partial charge in [0.15, 0.2) is 5.01 Å². The van der Waals surface area contributed by atoms with Gasteiger partial charge >= 0.3 is 0 Å². The van der Waals surface area contributed by atoms with E-state index in [-0.39, 0.29) is 5.91 Å². The minimum atomic E-state index is -0.265. The van der Waals surface area contributed by atoms with Gasteiger partial charge in [-0.05, 0) is 42.8 Å². The molecule has 0 bridgehead atoms. The molecule has 0 atom stereocenters. The molecular formula is C20H16N4O2S. The molecule has 0 aliphatic rings. The van der Waals surface area contributed by atoms with Crippen LogP contribution in [0.25, 0.3) is 11.6 Å². The molecule has 7 heteroatoms. The number of anilines is 1. The van der Waals surface area contributed by atoms with E-state index in [1.807, 2.05) is 43.3 Å². The lowest BCUT2D eigenvalue weighted by molar-refractivity contribution is 0.102. The number of hydrogen-bond acceptors (Lipinski definition) is 6. The Labute approximate surface area is 160 Å². The molecule has 27 heavy (non-hydrogen) atoms. The van der Waals surface area contributed by atoms with Crippen molar-refractivity contribution in [2.45, 2.75) is 6.92 Å². The number of aryl methyl sites for hydroxylation is 1. The third-order valence-electron chi connectivity index (χ3n) is 3.70. The van der Waals surface area contributed by atoms with Crippen LogP contribution in [0, 0.1) is 18.3 Å². The van der Waals surface area contributed by atoms with Gasteiger partial charge in [0, 0.05) is 5.56 Å². The molecule has 6 nitrogen and oxygen atoms in total. The number of carbonyl (C=O) groups excluding carboxylic acids is 1. The van der Waals surface area contributed by atoms with Crippen LogP contribution in [0.1, 0.15) is 26.5 Å². The molecule has 0 aliphatic carbocycles. The first kappa shape index (κ1) is 18.3.